The number of hydrogen-bond acceptors (Lipinski definition) is 3. The Labute approximate surface area is 126 Å². The van der Waals surface area contributed by atoms with Crippen LogP contribution in [-0.4, -0.2) is 13.2 Å². The molecule has 2 unspecified atom stereocenters. The Morgan fingerprint density at radius 1 is 0.905 bits per heavy atom. The summed E-state index contributed by atoms with van der Waals surface area (Å²) in [6, 6.07) is 17.8. The predicted octanol–water partition coefficient (Wildman–Crippen LogP) is 3.86. The Balaban J connectivity index is 2.26. The molecule has 0 fully saturated rings. The smallest absolute Gasteiger partial charge is 0.119 e. The van der Waals surface area contributed by atoms with E-state index in [0.29, 0.717) is 13.2 Å². The molecule has 0 spiro atoms. The Bertz CT molecular complexity index is 542. The summed E-state index contributed by atoms with van der Waals surface area (Å²) in [5.41, 5.74) is 8.55. The van der Waals surface area contributed by atoms with E-state index < -0.39 is 0 Å². The van der Waals surface area contributed by atoms with Gasteiger partial charge < -0.3 is 15.2 Å². The lowest BCUT2D eigenvalue weighted by atomic mass is 9.96. The van der Waals surface area contributed by atoms with Gasteiger partial charge in [-0.15, -0.1) is 0 Å². The normalized spacial score (nSPS) is 13.7. The molecule has 0 saturated heterocycles. The molecule has 3 nitrogen and oxygen atoms in total. The lowest BCUT2D eigenvalue weighted by molar-refractivity contribution is 0.0429. The van der Waals surface area contributed by atoms with E-state index in [1.165, 1.54) is 0 Å². The standard InChI is InChI=1S/C18H23NO2/c1-3-20-16-12-8-11-15(13-16)17(19)18(21-4-2)14-9-6-5-7-10-14/h5-13,17-18H,3-4,19H2,1-2H3. The Kier molecular flexibility index (Phi) is 5.78. The second-order valence-electron chi connectivity index (χ2n) is 4.82. The molecule has 3 heteroatoms. The molecule has 2 aromatic carbocycles. The molecule has 0 amide bonds. The molecule has 2 aromatic rings. The summed E-state index contributed by atoms with van der Waals surface area (Å²) in [6.07, 6.45) is -0.159. The van der Waals surface area contributed by atoms with Crippen molar-refractivity contribution in [2.45, 2.75) is 26.0 Å². The van der Waals surface area contributed by atoms with Crippen molar-refractivity contribution in [2.75, 3.05) is 13.2 Å². The minimum absolute atomic E-state index is 0.159. The zero-order valence-electron chi connectivity index (χ0n) is 12.7. The van der Waals surface area contributed by atoms with E-state index >= 15 is 0 Å². The molecule has 2 atom stereocenters. The van der Waals surface area contributed by atoms with E-state index in [2.05, 4.69) is 0 Å². The van der Waals surface area contributed by atoms with Crippen molar-refractivity contribution in [3.63, 3.8) is 0 Å². The lowest BCUT2D eigenvalue weighted by Gasteiger charge is -2.25. The summed E-state index contributed by atoms with van der Waals surface area (Å²) in [7, 11) is 0. The molecule has 21 heavy (non-hydrogen) atoms. The van der Waals surface area contributed by atoms with Gasteiger partial charge in [-0.1, -0.05) is 42.5 Å². The monoisotopic (exact) mass is 285 g/mol. The average Bonchev–Trinajstić information content (AvgIpc) is 2.53. The van der Waals surface area contributed by atoms with Crippen LogP contribution < -0.4 is 10.5 Å². The lowest BCUT2D eigenvalue weighted by Crippen LogP contribution is -2.22. The van der Waals surface area contributed by atoms with Crippen LogP contribution >= 0.6 is 0 Å². The van der Waals surface area contributed by atoms with Crippen LogP contribution in [0.25, 0.3) is 0 Å². The van der Waals surface area contributed by atoms with Crippen molar-refractivity contribution in [3.8, 4) is 5.75 Å². The average molecular weight is 285 g/mol. The van der Waals surface area contributed by atoms with Crippen molar-refractivity contribution in [1.82, 2.24) is 0 Å². The molecule has 0 aromatic heterocycles. The molecular weight excluding hydrogens is 262 g/mol. The van der Waals surface area contributed by atoms with Crippen LogP contribution in [0.2, 0.25) is 0 Å². The third kappa shape index (κ3) is 4.06. The minimum Gasteiger partial charge on any atom is -0.494 e. The molecule has 2 N–H and O–H groups in total. The van der Waals surface area contributed by atoms with Gasteiger partial charge in [0.1, 0.15) is 11.9 Å². The highest BCUT2D eigenvalue weighted by molar-refractivity contribution is 5.33. The summed E-state index contributed by atoms with van der Waals surface area (Å²) in [5.74, 6) is 0.841. The number of nitrogens with two attached hydrogens (primary N) is 1. The highest BCUT2D eigenvalue weighted by Gasteiger charge is 2.22. The van der Waals surface area contributed by atoms with E-state index in [0.717, 1.165) is 16.9 Å². The highest BCUT2D eigenvalue weighted by Crippen LogP contribution is 2.31. The quantitative estimate of drug-likeness (QED) is 0.840. The Morgan fingerprint density at radius 3 is 2.29 bits per heavy atom. The second-order valence-corrected chi connectivity index (χ2v) is 4.82. The van der Waals surface area contributed by atoms with Crippen LogP contribution in [0.1, 0.15) is 37.1 Å². The molecule has 0 bridgehead atoms. The maximum absolute atomic E-state index is 6.44. The first-order chi connectivity index (χ1) is 10.3. The van der Waals surface area contributed by atoms with Crippen molar-refractivity contribution < 1.29 is 9.47 Å². The van der Waals surface area contributed by atoms with Gasteiger partial charge in [-0.05, 0) is 37.1 Å². The SMILES string of the molecule is CCOc1cccc(C(N)C(OCC)c2ccccc2)c1. The van der Waals surface area contributed by atoms with Crippen molar-refractivity contribution in [1.29, 1.82) is 0 Å². The van der Waals surface area contributed by atoms with Crippen molar-refractivity contribution in [2.24, 2.45) is 5.73 Å². The second kappa shape index (κ2) is 7.81. The fourth-order valence-corrected chi connectivity index (χ4v) is 2.38. The zero-order valence-corrected chi connectivity index (χ0v) is 12.7. The fourth-order valence-electron chi connectivity index (χ4n) is 2.38. The maximum atomic E-state index is 6.44. The van der Waals surface area contributed by atoms with E-state index in [-0.39, 0.29) is 12.1 Å². The van der Waals surface area contributed by atoms with Gasteiger partial charge in [-0.2, -0.15) is 0 Å². The van der Waals surface area contributed by atoms with Gasteiger partial charge in [0.15, 0.2) is 0 Å². The van der Waals surface area contributed by atoms with Gasteiger partial charge in [0.2, 0.25) is 0 Å². The van der Waals surface area contributed by atoms with E-state index in [1.807, 2.05) is 68.4 Å². The first kappa shape index (κ1) is 15.5. The number of hydrogen-bond donors (Lipinski definition) is 1. The van der Waals surface area contributed by atoms with Crippen LogP contribution in [-0.2, 0) is 4.74 Å². The molecule has 0 radical (unpaired) electrons. The van der Waals surface area contributed by atoms with Gasteiger partial charge in [0.05, 0.1) is 12.6 Å². The van der Waals surface area contributed by atoms with E-state index in [9.17, 15) is 0 Å². The van der Waals surface area contributed by atoms with Gasteiger partial charge in [0, 0.05) is 6.61 Å². The third-order valence-corrected chi connectivity index (χ3v) is 3.35. The fraction of sp³-hybridized carbons (Fsp3) is 0.333. The van der Waals surface area contributed by atoms with Gasteiger partial charge in [-0.25, -0.2) is 0 Å². The molecule has 2 rings (SSSR count). The molecule has 0 saturated carbocycles. The van der Waals surface area contributed by atoms with Gasteiger partial charge in [0.25, 0.3) is 0 Å². The van der Waals surface area contributed by atoms with Crippen molar-refractivity contribution in [3.05, 3.63) is 65.7 Å². The third-order valence-electron chi connectivity index (χ3n) is 3.35. The Hall–Kier alpha value is -1.84. The summed E-state index contributed by atoms with van der Waals surface area (Å²) in [5, 5.41) is 0. The van der Waals surface area contributed by atoms with Crippen LogP contribution in [0, 0.1) is 0 Å². The van der Waals surface area contributed by atoms with Crippen LogP contribution in [0.3, 0.4) is 0 Å². The van der Waals surface area contributed by atoms with Gasteiger partial charge in [-0.3, -0.25) is 0 Å². The Morgan fingerprint density at radius 2 is 1.62 bits per heavy atom. The summed E-state index contributed by atoms with van der Waals surface area (Å²) < 4.78 is 11.4. The molecule has 0 aliphatic carbocycles. The molecule has 0 aliphatic heterocycles. The van der Waals surface area contributed by atoms with Crippen LogP contribution in [0.15, 0.2) is 54.6 Å². The van der Waals surface area contributed by atoms with E-state index in [1.54, 1.807) is 0 Å². The summed E-state index contributed by atoms with van der Waals surface area (Å²) in [6.45, 7) is 5.23. The van der Waals surface area contributed by atoms with Gasteiger partial charge >= 0.3 is 0 Å². The summed E-state index contributed by atoms with van der Waals surface area (Å²) in [4.78, 5) is 0. The first-order valence-corrected chi connectivity index (χ1v) is 7.41. The largest absolute Gasteiger partial charge is 0.494 e. The highest BCUT2D eigenvalue weighted by atomic mass is 16.5. The first-order valence-electron chi connectivity index (χ1n) is 7.41. The number of ether oxygens (including phenoxy) is 2. The molecular formula is C18H23NO2. The molecule has 0 aliphatic rings. The molecule has 0 heterocycles. The maximum Gasteiger partial charge on any atom is 0.119 e. The van der Waals surface area contributed by atoms with Crippen molar-refractivity contribution >= 4 is 0 Å². The van der Waals surface area contributed by atoms with Crippen LogP contribution in [0.4, 0.5) is 0 Å². The minimum atomic E-state index is -0.229. The topological polar surface area (TPSA) is 44.5 Å². The molecule has 112 valence electrons. The van der Waals surface area contributed by atoms with Crippen LogP contribution in [0.5, 0.6) is 5.75 Å². The van der Waals surface area contributed by atoms with E-state index in [4.69, 9.17) is 15.2 Å². The number of benzene rings is 2. The predicted molar refractivity (Wildman–Crippen MR) is 85.3 cm³/mol. The summed E-state index contributed by atoms with van der Waals surface area (Å²) >= 11 is 0. The number of rotatable bonds is 7. The zero-order chi connectivity index (χ0) is 15.1.